The summed E-state index contributed by atoms with van der Waals surface area (Å²) in [5.41, 5.74) is 4.93. The molecule has 5 N–H and O–H groups in total. The largest absolute Gasteiger partial charge is 0.507 e. The monoisotopic (exact) mass is 269 g/mol. The molecule has 0 radical (unpaired) electrons. The van der Waals surface area contributed by atoms with Gasteiger partial charge >= 0.3 is 0 Å². The highest BCUT2D eigenvalue weighted by molar-refractivity contribution is 5.97. The highest BCUT2D eigenvalue weighted by atomic mass is 19.1. The molecule has 0 heterocycles. The van der Waals surface area contributed by atoms with E-state index in [4.69, 9.17) is 10.9 Å². The molecule has 1 aromatic rings. The first-order valence-electron chi connectivity index (χ1n) is 5.74. The molecule has 1 atom stereocenters. The van der Waals surface area contributed by atoms with Crippen molar-refractivity contribution >= 4 is 11.7 Å². The van der Waals surface area contributed by atoms with Crippen molar-refractivity contribution in [2.24, 2.45) is 10.9 Å². The van der Waals surface area contributed by atoms with Gasteiger partial charge in [0.25, 0.3) is 5.91 Å². The van der Waals surface area contributed by atoms with E-state index in [0.717, 1.165) is 6.07 Å². The molecule has 19 heavy (non-hydrogen) atoms. The van der Waals surface area contributed by atoms with Crippen LogP contribution in [-0.4, -0.2) is 28.1 Å². The first-order valence-corrected chi connectivity index (χ1v) is 5.74. The summed E-state index contributed by atoms with van der Waals surface area (Å²) in [6.45, 7) is 1.79. The summed E-state index contributed by atoms with van der Waals surface area (Å²) in [7, 11) is 0. The van der Waals surface area contributed by atoms with Crippen LogP contribution in [0.15, 0.2) is 23.4 Å². The summed E-state index contributed by atoms with van der Waals surface area (Å²) in [6.07, 6.45) is 0.644. The molecule has 6 nitrogen and oxygen atoms in total. The van der Waals surface area contributed by atoms with Crippen LogP contribution in [0.1, 0.15) is 30.1 Å². The molecular formula is C12H16FN3O3. The highest BCUT2D eigenvalue weighted by Gasteiger charge is 2.19. The SMILES string of the molecule is CCC(C/C(N)=N/O)NC(=O)c1c(O)cccc1F. The lowest BCUT2D eigenvalue weighted by atomic mass is 10.1. The molecule has 1 amide bonds. The molecule has 0 fully saturated rings. The lowest BCUT2D eigenvalue weighted by molar-refractivity contribution is 0.0930. The normalized spacial score (nSPS) is 13.1. The minimum Gasteiger partial charge on any atom is -0.507 e. The van der Waals surface area contributed by atoms with Gasteiger partial charge in [-0.15, -0.1) is 0 Å². The van der Waals surface area contributed by atoms with E-state index in [-0.39, 0.29) is 12.3 Å². The number of carbonyl (C=O) groups excluding carboxylic acids is 1. The van der Waals surface area contributed by atoms with Gasteiger partial charge in [0.05, 0.1) is 0 Å². The van der Waals surface area contributed by atoms with Crippen LogP contribution in [0, 0.1) is 5.82 Å². The number of benzene rings is 1. The number of halogens is 1. The summed E-state index contributed by atoms with van der Waals surface area (Å²) in [5, 5.41) is 23.3. The van der Waals surface area contributed by atoms with Gasteiger partial charge in [-0.3, -0.25) is 4.79 Å². The van der Waals surface area contributed by atoms with Gasteiger partial charge in [0, 0.05) is 12.5 Å². The quantitative estimate of drug-likeness (QED) is 0.278. The lowest BCUT2D eigenvalue weighted by Gasteiger charge is -2.16. The zero-order chi connectivity index (χ0) is 14.4. The third kappa shape index (κ3) is 3.84. The van der Waals surface area contributed by atoms with Crippen molar-refractivity contribution in [3.05, 3.63) is 29.6 Å². The highest BCUT2D eigenvalue weighted by Crippen LogP contribution is 2.19. The molecule has 0 aliphatic heterocycles. The summed E-state index contributed by atoms with van der Waals surface area (Å²) in [4.78, 5) is 11.9. The van der Waals surface area contributed by atoms with Crippen LogP contribution in [0.2, 0.25) is 0 Å². The number of nitrogens with two attached hydrogens (primary N) is 1. The van der Waals surface area contributed by atoms with E-state index in [0.29, 0.717) is 6.42 Å². The van der Waals surface area contributed by atoms with Crippen molar-refractivity contribution in [1.82, 2.24) is 5.32 Å². The molecule has 7 heteroatoms. The Hall–Kier alpha value is -2.31. The number of rotatable bonds is 5. The molecule has 1 rings (SSSR count). The van der Waals surface area contributed by atoms with Gasteiger partial charge in [0.1, 0.15) is 23.0 Å². The summed E-state index contributed by atoms with van der Waals surface area (Å²) >= 11 is 0. The van der Waals surface area contributed by atoms with Crippen LogP contribution >= 0.6 is 0 Å². The number of phenols is 1. The maximum absolute atomic E-state index is 13.5. The molecule has 0 saturated carbocycles. The second-order valence-electron chi connectivity index (χ2n) is 4.01. The lowest BCUT2D eigenvalue weighted by Crippen LogP contribution is -2.37. The van der Waals surface area contributed by atoms with Crippen LogP contribution in [-0.2, 0) is 0 Å². The Kier molecular flexibility index (Phi) is 5.11. The average molecular weight is 269 g/mol. The zero-order valence-corrected chi connectivity index (χ0v) is 10.4. The number of amides is 1. The predicted octanol–water partition coefficient (Wildman–Crippen LogP) is 1.18. The van der Waals surface area contributed by atoms with E-state index >= 15 is 0 Å². The first-order chi connectivity index (χ1) is 8.99. The van der Waals surface area contributed by atoms with Crippen LogP contribution in [0.5, 0.6) is 5.75 Å². The number of carbonyl (C=O) groups is 1. The number of oxime groups is 1. The molecule has 0 aliphatic rings. The second-order valence-corrected chi connectivity index (χ2v) is 4.01. The summed E-state index contributed by atoms with van der Waals surface area (Å²) in [5.74, 6) is -2.02. The number of hydrogen-bond acceptors (Lipinski definition) is 4. The van der Waals surface area contributed by atoms with Crippen LogP contribution in [0.4, 0.5) is 4.39 Å². The molecule has 104 valence electrons. The molecule has 0 aliphatic carbocycles. The topological polar surface area (TPSA) is 108 Å². The van der Waals surface area contributed by atoms with Crippen molar-refractivity contribution in [2.45, 2.75) is 25.8 Å². The number of aromatic hydroxyl groups is 1. The van der Waals surface area contributed by atoms with Crippen LogP contribution in [0.25, 0.3) is 0 Å². The van der Waals surface area contributed by atoms with Crippen molar-refractivity contribution in [1.29, 1.82) is 0 Å². The second kappa shape index (κ2) is 6.58. The van der Waals surface area contributed by atoms with Gasteiger partial charge < -0.3 is 21.4 Å². The van der Waals surface area contributed by atoms with Crippen molar-refractivity contribution < 1.29 is 19.5 Å². The Bertz CT molecular complexity index is 471. The fourth-order valence-electron chi connectivity index (χ4n) is 1.59. The Morgan fingerprint density at radius 1 is 1.58 bits per heavy atom. The minimum absolute atomic E-state index is 0.0371. The van der Waals surface area contributed by atoms with E-state index in [1.165, 1.54) is 12.1 Å². The van der Waals surface area contributed by atoms with Crippen LogP contribution in [0.3, 0.4) is 0 Å². The fraction of sp³-hybridized carbons (Fsp3) is 0.333. The molecule has 0 aromatic heterocycles. The Labute approximate surface area is 109 Å². The van der Waals surface area contributed by atoms with Gasteiger partial charge in [0.15, 0.2) is 0 Å². The molecule has 1 aromatic carbocycles. The molecular weight excluding hydrogens is 253 g/mol. The number of amidine groups is 1. The predicted molar refractivity (Wildman–Crippen MR) is 67.6 cm³/mol. The van der Waals surface area contributed by atoms with E-state index in [1.807, 2.05) is 0 Å². The summed E-state index contributed by atoms with van der Waals surface area (Å²) < 4.78 is 13.5. The van der Waals surface area contributed by atoms with Gasteiger partial charge in [-0.2, -0.15) is 0 Å². The maximum Gasteiger partial charge on any atom is 0.258 e. The van der Waals surface area contributed by atoms with E-state index in [9.17, 15) is 14.3 Å². The van der Waals surface area contributed by atoms with Crippen molar-refractivity contribution in [3.63, 3.8) is 0 Å². The van der Waals surface area contributed by atoms with Gasteiger partial charge in [-0.05, 0) is 18.6 Å². The smallest absolute Gasteiger partial charge is 0.258 e. The van der Waals surface area contributed by atoms with E-state index < -0.39 is 29.1 Å². The number of phenolic OH excluding ortho intramolecular Hbond substituents is 1. The van der Waals surface area contributed by atoms with Crippen LogP contribution < -0.4 is 11.1 Å². The van der Waals surface area contributed by atoms with Gasteiger partial charge in [0.2, 0.25) is 0 Å². The Morgan fingerprint density at radius 3 is 2.79 bits per heavy atom. The fourth-order valence-corrected chi connectivity index (χ4v) is 1.59. The molecule has 0 bridgehead atoms. The molecule has 0 spiro atoms. The maximum atomic E-state index is 13.5. The Balaban J connectivity index is 2.83. The van der Waals surface area contributed by atoms with E-state index in [1.54, 1.807) is 6.92 Å². The van der Waals surface area contributed by atoms with Gasteiger partial charge in [-0.25, -0.2) is 4.39 Å². The van der Waals surface area contributed by atoms with Crippen molar-refractivity contribution in [2.75, 3.05) is 0 Å². The van der Waals surface area contributed by atoms with Crippen molar-refractivity contribution in [3.8, 4) is 5.75 Å². The molecule has 0 saturated heterocycles. The third-order valence-corrected chi connectivity index (χ3v) is 2.63. The van der Waals surface area contributed by atoms with E-state index in [2.05, 4.69) is 10.5 Å². The summed E-state index contributed by atoms with van der Waals surface area (Å²) in [6, 6.07) is 3.19. The number of hydrogen-bond donors (Lipinski definition) is 4. The standard InChI is InChI=1S/C12H16FN3O3/c1-2-7(6-10(14)16-19)15-12(18)11-8(13)4-3-5-9(11)17/h3-5,7,17,19H,2,6H2,1H3,(H2,14,16)(H,15,18). The average Bonchev–Trinajstić information content (AvgIpc) is 2.37. The minimum atomic E-state index is -0.809. The van der Waals surface area contributed by atoms with Gasteiger partial charge in [-0.1, -0.05) is 18.1 Å². The number of nitrogens with zero attached hydrogens (tertiary/aromatic N) is 1. The number of nitrogens with one attached hydrogen (secondary N) is 1. The zero-order valence-electron chi connectivity index (χ0n) is 10.4. The Morgan fingerprint density at radius 2 is 2.26 bits per heavy atom. The molecule has 1 unspecified atom stereocenters. The third-order valence-electron chi connectivity index (χ3n) is 2.63. The first kappa shape index (κ1) is 14.7.